The Kier molecular flexibility index (Phi) is 3.75. The van der Waals surface area contributed by atoms with E-state index in [-0.39, 0.29) is 0 Å². The summed E-state index contributed by atoms with van der Waals surface area (Å²) in [4.78, 5) is 0. The van der Waals surface area contributed by atoms with Gasteiger partial charge in [-0.1, -0.05) is 37.9 Å². The number of rotatable bonds is 2. The van der Waals surface area contributed by atoms with Crippen molar-refractivity contribution in [3.05, 3.63) is 32.7 Å². The van der Waals surface area contributed by atoms with Crippen LogP contribution in [0.25, 0.3) is 0 Å². The number of hydrogen-bond donors (Lipinski definition) is 1. The lowest BCUT2D eigenvalue weighted by Gasteiger charge is -2.14. The highest BCUT2D eigenvalue weighted by Gasteiger charge is 2.09. The van der Waals surface area contributed by atoms with Crippen molar-refractivity contribution in [2.45, 2.75) is 13.0 Å². The van der Waals surface area contributed by atoms with Crippen LogP contribution in [0.5, 0.6) is 0 Å². The van der Waals surface area contributed by atoms with Gasteiger partial charge in [0.1, 0.15) is 0 Å². The first kappa shape index (κ1) is 10.2. The fraction of sp³-hybridized carbons (Fsp3) is 0.333. The predicted octanol–water partition coefficient (Wildman–Crippen LogP) is 3.49. The minimum absolute atomic E-state index is 0.356. The lowest BCUT2D eigenvalue weighted by Crippen LogP contribution is -2.13. The standard InChI is InChI=1S/C9H11Br2N/c1-6(12-2)9-7(10)4-3-5-8(9)11/h3-6,12H,1-2H3/t6-/m0/s1. The van der Waals surface area contributed by atoms with E-state index < -0.39 is 0 Å². The lowest BCUT2D eigenvalue weighted by atomic mass is 10.1. The third kappa shape index (κ3) is 2.09. The molecule has 0 radical (unpaired) electrons. The van der Waals surface area contributed by atoms with E-state index in [1.807, 2.05) is 25.2 Å². The molecule has 0 amide bonds. The normalized spacial score (nSPS) is 13.0. The monoisotopic (exact) mass is 291 g/mol. The van der Waals surface area contributed by atoms with Gasteiger partial charge in [0.25, 0.3) is 0 Å². The average molecular weight is 293 g/mol. The summed E-state index contributed by atoms with van der Waals surface area (Å²) >= 11 is 7.04. The maximum atomic E-state index is 3.52. The second kappa shape index (κ2) is 4.40. The summed E-state index contributed by atoms with van der Waals surface area (Å²) < 4.78 is 2.28. The molecular formula is C9H11Br2N. The Morgan fingerprint density at radius 2 is 1.75 bits per heavy atom. The second-order valence-corrected chi connectivity index (χ2v) is 4.35. The minimum atomic E-state index is 0.356. The maximum absolute atomic E-state index is 3.52. The average Bonchev–Trinajstić information content (AvgIpc) is 2.03. The summed E-state index contributed by atoms with van der Waals surface area (Å²) in [6.45, 7) is 2.13. The molecule has 0 fully saturated rings. The van der Waals surface area contributed by atoms with Crippen LogP contribution >= 0.6 is 31.9 Å². The molecule has 1 N–H and O–H groups in total. The van der Waals surface area contributed by atoms with Crippen LogP contribution in [0.4, 0.5) is 0 Å². The van der Waals surface area contributed by atoms with E-state index in [1.165, 1.54) is 5.56 Å². The Balaban J connectivity index is 3.12. The topological polar surface area (TPSA) is 12.0 Å². The van der Waals surface area contributed by atoms with E-state index in [9.17, 15) is 0 Å². The first-order chi connectivity index (χ1) is 5.66. The molecule has 0 saturated heterocycles. The van der Waals surface area contributed by atoms with Crippen molar-refractivity contribution < 1.29 is 0 Å². The van der Waals surface area contributed by atoms with Crippen molar-refractivity contribution >= 4 is 31.9 Å². The van der Waals surface area contributed by atoms with E-state index in [4.69, 9.17) is 0 Å². The largest absolute Gasteiger partial charge is 0.313 e. The van der Waals surface area contributed by atoms with E-state index in [0.717, 1.165) is 8.95 Å². The predicted molar refractivity (Wildman–Crippen MR) is 59.3 cm³/mol. The Morgan fingerprint density at radius 3 is 2.17 bits per heavy atom. The highest BCUT2D eigenvalue weighted by Crippen LogP contribution is 2.30. The van der Waals surface area contributed by atoms with E-state index in [2.05, 4.69) is 44.1 Å². The number of hydrogen-bond acceptors (Lipinski definition) is 1. The number of benzene rings is 1. The van der Waals surface area contributed by atoms with Crippen molar-refractivity contribution in [1.82, 2.24) is 5.32 Å². The quantitative estimate of drug-likeness (QED) is 0.880. The van der Waals surface area contributed by atoms with E-state index in [1.54, 1.807) is 0 Å². The molecular weight excluding hydrogens is 282 g/mol. The molecule has 0 unspecified atom stereocenters. The molecule has 0 bridgehead atoms. The molecule has 3 heteroatoms. The second-order valence-electron chi connectivity index (χ2n) is 2.65. The molecule has 1 atom stereocenters. The highest BCUT2D eigenvalue weighted by atomic mass is 79.9. The van der Waals surface area contributed by atoms with Crippen LogP contribution in [0.2, 0.25) is 0 Å². The minimum Gasteiger partial charge on any atom is -0.313 e. The smallest absolute Gasteiger partial charge is 0.0311 e. The summed E-state index contributed by atoms with van der Waals surface area (Å²) in [5.41, 5.74) is 1.26. The van der Waals surface area contributed by atoms with Crippen LogP contribution < -0.4 is 5.32 Å². The molecule has 0 aromatic heterocycles. The highest BCUT2D eigenvalue weighted by molar-refractivity contribution is 9.11. The van der Waals surface area contributed by atoms with Crippen LogP contribution in [0.1, 0.15) is 18.5 Å². The van der Waals surface area contributed by atoms with Gasteiger partial charge < -0.3 is 5.32 Å². The third-order valence-corrected chi connectivity index (χ3v) is 3.25. The zero-order chi connectivity index (χ0) is 9.14. The number of halogens is 2. The van der Waals surface area contributed by atoms with Crippen molar-refractivity contribution in [2.24, 2.45) is 0 Å². The third-order valence-electron chi connectivity index (χ3n) is 1.87. The lowest BCUT2D eigenvalue weighted by molar-refractivity contribution is 0.647. The zero-order valence-corrected chi connectivity index (χ0v) is 10.2. The fourth-order valence-electron chi connectivity index (χ4n) is 1.07. The fourth-order valence-corrected chi connectivity index (χ4v) is 2.75. The van der Waals surface area contributed by atoms with E-state index in [0.29, 0.717) is 6.04 Å². The van der Waals surface area contributed by atoms with Gasteiger partial charge in [0.15, 0.2) is 0 Å². The molecule has 1 aromatic carbocycles. The summed E-state index contributed by atoms with van der Waals surface area (Å²) in [5.74, 6) is 0. The Hall–Kier alpha value is 0.140. The summed E-state index contributed by atoms with van der Waals surface area (Å²) in [7, 11) is 1.95. The van der Waals surface area contributed by atoms with Gasteiger partial charge >= 0.3 is 0 Å². The summed E-state index contributed by atoms with van der Waals surface area (Å²) in [5, 5.41) is 3.20. The van der Waals surface area contributed by atoms with Crippen molar-refractivity contribution in [3.8, 4) is 0 Å². The summed E-state index contributed by atoms with van der Waals surface area (Å²) in [6, 6.07) is 6.47. The molecule has 0 spiro atoms. The van der Waals surface area contributed by atoms with Crippen molar-refractivity contribution in [3.63, 3.8) is 0 Å². The van der Waals surface area contributed by atoms with Crippen molar-refractivity contribution in [2.75, 3.05) is 7.05 Å². The molecule has 0 saturated carbocycles. The van der Waals surface area contributed by atoms with Gasteiger partial charge in [0.05, 0.1) is 0 Å². The molecule has 0 heterocycles. The van der Waals surface area contributed by atoms with Crippen LogP contribution in [-0.4, -0.2) is 7.05 Å². The molecule has 0 aliphatic rings. The number of nitrogens with one attached hydrogen (secondary N) is 1. The molecule has 1 rings (SSSR count). The first-order valence-corrected chi connectivity index (χ1v) is 5.36. The van der Waals surface area contributed by atoms with Gasteiger partial charge in [0.2, 0.25) is 0 Å². The molecule has 12 heavy (non-hydrogen) atoms. The van der Waals surface area contributed by atoms with Gasteiger partial charge in [-0.3, -0.25) is 0 Å². The van der Waals surface area contributed by atoms with Crippen LogP contribution in [0, 0.1) is 0 Å². The SMILES string of the molecule is CN[C@@H](C)c1c(Br)cccc1Br. The van der Waals surface area contributed by atoms with E-state index >= 15 is 0 Å². The van der Waals surface area contributed by atoms with Gasteiger partial charge in [-0.15, -0.1) is 0 Å². The molecule has 1 nitrogen and oxygen atoms in total. The van der Waals surface area contributed by atoms with Gasteiger partial charge in [-0.05, 0) is 31.7 Å². The molecule has 0 aliphatic heterocycles. The van der Waals surface area contributed by atoms with Crippen LogP contribution in [-0.2, 0) is 0 Å². The Bertz CT molecular complexity index is 253. The zero-order valence-electron chi connectivity index (χ0n) is 7.07. The van der Waals surface area contributed by atoms with Gasteiger partial charge in [0, 0.05) is 15.0 Å². The maximum Gasteiger partial charge on any atom is 0.0311 e. The van der Waals surface area contributed by atoms with Crippen molar-refractivity contribution in [1.29, 1.82) is 0 Å². The van der Waals surface area contributed by atoms with Crippen LogP contribution in [0.15, 0.2) is 27.1 Å². The molecule has 1 aromatic rings. The Labute approximate surface area is 89.8 Å². The molecule has 0 aliphatic carbocycles. The van der Waals surface area contributed by atoms with Crippen LogP contribution in [0.3, 0.4) is 0 Å². The molecule has 66 valence electrons. The first-order valence-electron chi connectivity index (χ1n) is 3.78. The van der Waals surface area contributed by atoms with Gasteiger partial charge in [-0.2, -0.15) is 0 Å². The Morgan fingerprint density at radius 1 is 1.25 bits per heavy atom. The summed E-state index contributed by atoms with van der Waals surface area (Å²) in [6.07, 6.45) is 0. The van der Waals surface area contributed by atoms with Gasteiger partial charge in [-0.25, -0.2) is 0 Å².